The van der Waals surface area contributed by atoms with Gasteiger partial charge < -0.3 is 4.74 Å². The zero-order valence-corrected chi connectivity index (χ0v) is 19.2. The standard InChI is InChI=1S/C26H37FO3/c1-6-17-15(3)26(5)16(14-22(17)28)8-9-18-19-10-11-21(23(27)24(29)30-7-2)25(19,4)13-12-20(18)26/h14-15,17-20H,6-13H2,1-5H3/t15-,17?,18-,19-,20-,25-,26-/m0/s1. The third-order valence-corrected chi connectivity index (χ3v) is 9.82. The van der Waals surface area contributed by atoms with Gasteiger partial charge >= 0.3 is 5.97 Å². The Balaban J connectivity index is 1.68. The van der Waals surface area contributed by atoms with Crippen molar-refractivity contribution >= 4 is 11.8 Å². The summed E-state index contributed by atoms with van der Waals surface area (Å²) in [7, 11) is 0. The van der Waals surface area contributed by atoms with Crippen molar-refractivity contribution in [1.82, 2.24) is 0 Å². The summed E-state index contributed by atoms with van der Waals surface area (Å²) in [6, 6.07) is 0. The molecule has 0 aromatic heterocycles. The number of carbonyl (C=O) groups is 2. The van der Waals surface area contributed by atoms with Gasteiger partial charge in [-0.15, -0.1) is 0 Å². The van der Waals surface area contributed by atoms with Crippen LogP contribution in [0.4, 0.5) is 4.39 Å². The number of halogens is 1. The quantitative estimate of drug-likeness (QED) is 0.407. The minimum Gasteiger partial charge on any atom is -0.461 e. The van der Waals surface area contributed by atoms with Gasteiger partial charge in [0, 0.05) is 5.92 Å². The monoisotopic (exact) mass is 416 g/mol. The normalized spacial score (nSPS) is 44.5. The molecule has 0 heterocycles. The highest BCUT2D eigenvalue weighted by Gasteiger charge is 2.60. The maximum atomic E-state index is 15.0. The van der Waals surface area contributed by atoms with Gasteiger partial charge in [-0.2, -0.15) is 4.39 Å². The number of esters is 1. The SMILES string of the molecule is CCOC(=O)C(F)=C1CC[C@H]2[C@@H]3CCC4=CC(=O)C(CC)[C@H](C)[C@]4(C)[C@H]3CC[C@]12C. The van der Waals surface area contributed by atoms with Gasteiger partial charge in [0.05, 0.1) is 6.61 Å². The first-order chi connectivity index (χ1) is 14.2. The number of fused-ring (bicyclic) bond motifs is 5. The Morgan fingerprint density at radius 3 is 2.57 bits per heavy atom. The summed E-state index contributed by atoms with van der Waals surface area (Å²) < 4.78 is 20.0. The lowest BCUT2D eigenvalue weighted by atomic mass is 9.44. The summed E-state index contributed by atoms with van der Waals surface area (Å²) in [5, 5.41) is 0. The third kappa shape index (κ3) is 2.88. The molecule has 166 valence electrons. The van der Waals surface area contributed by atoms with Gasteiger partial charge in [-0.25, -0.2) is 4.79 Å². The molecule has 0 amide bonds. The van der Waals surface area contributed by atoms with Crippen LogP contribution in [0.5, 0.6) is 0 Å². The first-order valence-electron chi connectivity index (χ1n) is 12.0. The molecule has 0 aromatic rings. The predicted molar refractivity (Wildman–Crippen MR) is 115 cm³/mol. The van der Waals surface area contributed by atoms with Gasteiger partial charge in [0.15, 0.2) is 5.78 Å². The zero-order chi connectivity index (χ0) is 21.8. The number of rotatable bonds is 3. The summed E-state index contributed by atoms with van der Waals surface area (Å²) in [4.78, 5) is 24.8. The second-order valence-corrected chi connectivity index (χ2v) is 10.6. The van der Waals surface area contributed by atoms with Crippen molar-refractivity contribution in [2.75, 3.05) is 6.61 Å². The van der Waals surface area contributed by atoms with E-state index in [2.05, 4.69) is 27.7 Å². The van der Waals surface area contributed by atoms with E-state index < -0.39 is 11.8 Å². The highest BCUT2D eigenvalue weighted by atomic mass is 19.1. The molecule has 4 aliphatic carbocycles. The number of allylic oxidation sites excluding steroid dienone is 2. The fourth-order valence-electron chi connectivity index (χ4n) is 8.11. The van der Waals surface area contributed by atoms with E-state index in [-0.39, 0.29) is 23.4 Å². The van der Waals surface area contributed by atoms with E-state index in [0.717, 1.165) is 38.5 Å². The van der Waals surface area contributed by atoms with Crippen molar-refractivity contribution in [3.8, 4) is 0 Å². The molecule has 0 saturated heterocycles. The number of ether oxygens (including phenoxy) is 1. The minimum atomic E-state index is -0.789. The van der Waals surface area contributed by atoms with Crippen molar-refractivity contribution in [1.29, 1.82) is 0 Å². The number of hydrogen-bond donors (Lipinski definition) is 0. The molecule has 3 nitrogen and oxygen atoms in total. The Morgan fingerprint density at radius 1 is 1.17 bits per heavy atom. The lowest BCUT2D eigenvalue weighted by molar-refractivity contribution is -0.140. The first kappa shape index (κ1) is 21.8. The van der Waals surface area contributed by atoms with Crippen molar-refractivity contribution in [3.63, 3.8) is 0 Å². The Bertz CT molecular complexity index is 811. The number of hydrogen-bond acceptors (Lipinski definition) is 3. The molecule has 0 N–H and O–H groups in total. The van der Waals surface area contributed by atoms with E-state index in [0.29, 0.717) is 41.4 Å². The van der Waals surface area contributed by atoms with E-state index >= 15 is 4.39 Å². The van der Waals surface area contributed by atoms with Crippen molar-refractivity contribution in [3.05, 3.63) is 23.0 Å². The third-order valence-electron chi connectivity index (χ3n) is 9.82. The average Bonchev–Trinajstić information content (AvgIpc) is 3.06. The lowest BCUT2D eigenvalue weighted by Crippen LogP contribution is -2.54. The highest BCUT2D eigenvalue weighted by molar-refractivity contribution is 5.94. The Morgan fingerprint density at radius 2 is 1.90 bits per heavy atom. The van der Waals surface area contributed by atoms with Crippen LogP contribution in [0.15, 0.2) is 23.0 Å². The Hall–Kier alpha value is -1.45. The van der Waals surface area contributed by atoms with Crippen LogP contribution >= 0.6 is 0 Å². The molecule has 0 spiro atoms. The molecule has 4 rings (SSSR count). The summed E-state index contributed by atoms with van der Waals surface area (Å²) in [5.74, 6) is 0.845. The fraction of sp³-hybridized carbons (Fsp3) is 0.769. The molecule has 3 saturated carbocycles. The molecule has 4 heteroatoms. The minimum absolute atomic E-state index is 0.0605. The van der Waals surface area contributed by atoms with E-state index in [1.807, 2.05) is 6.08 Å². The Labute approximate surface area is 180 Å². The maximum absolute atomic E-state index is 15.0. The number of carbonyl (C=O) groups excluding carboxylic acids is 2. The van der Waals surface area contributed by atoms with Gasteiger partial charge in [-0.3, -0.25) is 4.79 Å². The first-order valence-corrected chi connectivity index (χ1v) is 12.0. The molecule has 3 fully saturated rings. The van der Waals surface area contributed by atoms with E-state index in [1.54, 1.807) is 6.92 Å². The van der Waals surface area contributed by atoms with Gasteiger partial charge in [0.1, 0.15) is 0 Å². The molecule has 0 radical (unpaired) electrons. The maximum Gasteiger partial charge on any atom is 0.367 e. The Kier molecular flexibility index (Phi) is 5.51. The van der Waals surface area contributed by atoms with Gasteiger partial charge in [0.2, 0.25) is 5.83 Å². The largest absolute Gasteiger partial charge is 0.461 e. The van der Waals surface area contributed by atoms with Crippen molar-refractivity contribution in [2.45, 2.75) is 79.6 Å². The summed E-state index contributed by atoms with van der Waals surface area (Å²) in [5.41, 5.74) is 1.88. The summed E-state index contributed by atoms with van der Waals surface area (Å²) >= 11 is 0. The predicted octanol–water partition coefficient (Wildman–Crippen LogP) is 6.19. The van der Waals surface area contributed by atoms with E-state index in [1.165, 1.54) is 5.57 Å². The molecule has 4 aliphatic rings. The second kappa shape index (κ2) is 7.60. The van der Waals surface area contributed by atoms with E-state index in [4.69, 9.17) is 4.74 Å². The van der Waals surface area contributed by atoms with Crippen LogP contribution < -0.4 is 0 Å². The van der Waals surface area contributed by atoms with Crippen LogP contribution in [0.1, 0.15) is 79.6 Å². The van der Waals surface area contributed by atoms with Crippen molar-refractivity contribution in [2.24, 2.45) is 40.4 Å². The van der Waals surface area contributed by atoms with Crippen molar-refractivity contribution < 1.29 is 18.7 Å². The van der Waals surface area contributed by atoms with Crippen LogP contribution in [-0.4, -0.2) is 18.4 Å². The smallest absolute Gasteiger partial charge is 0.367 e. The summed E-state index contributed by atoms with van der Waals surface area (Å²) in [6.45, 7) is 10.9. The molecular formula is C26H37FO3. The van der Waals surface area contributed by atoms with Crippen LogP contribution in [0.3, 0.4) is 0 Å². The van der Waals surface area contributed by atoms with Gasteiger partial charge in [0.25, 0.3) is 0 Å². The molecule has 7 atom stereocenters. The van der Waals surface area contributed by atoms with Crippen LogP contribution in [-0.2, 0) is 14.3 Å². The highest BCUT2D eigenvalue weighted by Crippen LogP contribution is 2.68. The fourth-order valence-corrected chi connectivity index (χ4v) is 8.11. The molecule has 1 unspecified atom stereocenters. The molecule has 0 aliphatic heterocycles. The molecular weight excluding hydrogens is 379 g/mol. The van der Waals surface area contributed by atoms with Gasteiger partial charge in [-0.1, -0.05) is 33.3 Å². The number of ketones is 1. The average molecular weight is 417 g/mol. The lowest BCUT2D eigenvalue weighted by Gasteiger charge is -2.60. The van der Waals surface area contributed by atoms with Crippen LogP contribution in [0, 0.1) is 40.4 Å². The molecule has 0 aromatic carbocycles. The summed E-state index contributed by atoms with van der Waals surface area (Å²) in [6.07, 6.45) is 8.53. The van der Waals surface area contributed by atoms with Gasteiger partial charge in [-0.05, 0) is 98.0 Å². The van der Waals surface area contributed by atoms with Crippen LogP contribution in [0.2, 0.25) is 0 Å². The zero-order valence-electron chi connectivity index (χ0n) is 19.2. The van der Waals surface area contributed by atoms with Crippen LogP contribution in [0.25, 0.3) is 0 Å². The second-order valence-electron chi connectivity index (χ2n) is 10.6. The topological polar surface area (TPSA) is 43.4 Å². The molecule has 0 bridgehead atoms. The molecule has 30 heavy (non-hydrogen) atoms. The van der Waals surface area contributed by atoms with E-state index in [9.17, 15) is 9.59 Å².